The van der Waals surface area contributed by atoms with Gasteiger partial charge in [-0.25, -0.2) is 9.59 Å². The average Bonchev–Trinajstić information content (AvgIpc) is 2.45. The fourth-order valence-electron chi connectivity index (χ4n) is 2.07. The summed E-state index contributed by atoms with van der Waals surface area (Å²) in [5.41, 5.74) is -1.69. The molecule has 0 aliphatic carbocycles. The molecule has 0 aromatic carbocycles. The molecule has 1 saturated heterocycles. The van der Waals surface area contributed by atoms with Gasteiger partial charge in [0.15, 0.2) is 0 Å². The molecular formula is C12H15N3O7. The number of carboxylic acid groups (broad SMARTS) is 1. The third-order valence-electron chi connectivity index (χ3n) is 3.04. The largest absolute Gasteiger partial charge is 0.480 e. The number of aromatic nitrogens is 2. The molecule has 0 bridgehead atoms. The number of ether oxygens (including phenoxy) is 2. The Morgan fingerprint density at radius 2 is 2.18 bits per heavy atom. The van der Waals surface area contributed by atoms with Gasteiger partial charge in [-0.3, -0.25) is 14.6 Å². The third-order valence-corrected chi connectivity index (χ3v) is 3.04. The summed E-state index contributed by atoms with van der Waals surface area (Å²) < 4.78 is 10.4. The predicted molar refractivity (Wildman–Crippen MR) is 71.7 cm³/mol. The van der Waals surface area contributed by atoms with Crippen LogP contribution in [0.15, 0.2) is 15.7 Å². The van der Waals surface area contributed by atoms with Crippen LogP contribution in [0, 0.1) is 0 Å². The number of rotatable bonds is 5. The molecule has 1 aliphatic rings. The van der Waals surface area contributed by atoms with Gasteiger partial charge in [0.05, 0.1) is 18.8 Å². The van der Waals surface area contributed by atoms with Gasteiger partial charge < -0.3 is 24.9 Å². The van der Waals surface area contributed by atoms with Crippen molar-refractivity contribution < 1.29 is 24.2 Å². The van der Waals surface area contributed by atoms with Crippen LogP contribution in [0.5, 0.6) is 0 Å². The number of amides is 1. The highest BCUT2D eigenvalue weighted by Gasteiger charge is 2.29. The van der Waals surface area contributed by atoms with Crippen molar-refractivity contribution in [3.05, 3.63) is 32.6 Å². The van der Waals surface area contributed by atoms with E-state index in [1.807, 2.05) is 4.98 Å². The first-order valence-electron chi connectivity index (χ1n) is 6.51. The lowest BCUT2D eigenvalue weighted by atomic mass is 10.1. The van der Waals surface area contributed by atoms with Gasteiger partial charge in [0.2, 0.25) is 0 Å². The van der Waals surface area contributed by atoms with Crippen molar-refractivity contribution in [3.63, 3.8) is 0 Å². The maximum absolute atomic E-state index is 12.0. The van der Waals surface area contributed by atoms with E-state index in [2.05, 4.69) is 10.3 Å². The molecule has 2 atom stereocenters. The molecule has 1 aromatic heterocycles. The maximum atomic E-state index is 12.0. The molecule has 1 aromatic rings. The average molecular weight is 313 g/mol. The van der Waals surface area contributed by atoms with Crippen LogP contribution in [-0.4, -0.2) is 58.9 Å². The zero-order valence-electron chi connectivity index (χ0n) is 11.5. The molecule has 22 heavy (non-hydrogen) atoms. The van der Waals surface area contributed by atoms with Gasteiger partial charge in [0.25, 0.3) is 11.5 Å². The van der Waals surface area contributed by atoms with E-state index in [1.54, 1.807) is 0 Å². The number of carbonyl (C=O) groups is 2. The number of carbonyl (C=O) groups excluding carboxylic acids is 1. The summed E-state index contributed by atoms with van der Waals surface area (Å²) in [6.45, 7) is 0.0425. The van der Waals surface area contributed by atoms with Gasteiger partial charge in [-0.15, -0.1) is 0 Å². The highest BCUT2D eigenvalue weighted by atomic mass is 16.5. The van der Waals surface area contributed by atoms with E-state index in [-0.39, 0.29) is 12.3 Å². The first kappa shape index (κ1) is 15.9. The topological polar surface area (TPSA) is 151 Å². The van der Waals surface area contributed by atoms with E-state index in [4.69, 9.17) is 14.6 Å². The Morgan fingerprint density at radius 3 is 2.86 bits per heavy atom. The maximum Gasteiger partial charge on any atom is 0.329 e. The minimum Gasteiger partial charge on any atom is -0.480 e. The second kappa shape index (κ2) is 7.00. The first-order valence-corrected chi connectivity index (χ1v) is 6.51. The molecule has 1 amide bonds. The lowest BCUT2D eigenvalue weighted by Gasteiger charge is -2.31. The van der Waals surface area contributed by atoms with Gasteiger partial charge >= 0.3 is 11.7 Å². The number of hydrogen-bond acceptors (Lipinski definition) is 6. The fourth-order valence-corrected chi connectivity index (χ4v) is 2.07. The predicted octanol–water partition coefficient (Wildman–Crippen LogP) is -1.95. The van der Waals surface area contributed by atoms with Crippen molar-refractivity contribution in [3.8, 4) is 0 Å². The second-order valence-electron chi connectivity index (χ2n) is 4.69. The summed E-state index contributed by atoms with van der Waals surface area (Å²) in [7, 11) is 0. The van der Waals surface area contributed by atoms with Gasteiger partial charge in [0.1, 0.15) is 12.3 Å². The minimum atomic E-state index is -1.12. The van der Waals surface area contributed by atoms with E-state index >= 15 is 0 Å². The van der Waals surface area contributed by atoms with Crippen LogP contribution >= 0.6 is 0 Å². The van der Waals surface area contributed by atoms with E-state index in [0.29, 0.717) is 13.0 Å². The van der Waals surface area contributed by atoms with Crippen molar-refractivity contribution in [1.29, 1.82) is 0 Å². The van der Waals surface area contributed by atoms with E-state index in [1.165, 1.54) is 0 Å². The molecule has 0 spiro atoms. The number of hydrogen-bond donors (Lipinski definition) is 4. The summed E-state index contributed by atoms with van der Waals surface area (Å²) >= 11 is 0. The molecule has 120 valence electrons. The molecule has 2 heterocycles. The first-order chi connectivity index (χ1) is 10.5. The molecule has 0 unspecified atom stereocenters. The van der Waals surface area contributed by atoms with Crippen LogP contribution in [0.25, 0.3) is 0 Å². The molecule has 10 heteroatoms. The zero-order valence-corrected chi connectivity index (χ0v) is 11.5. The Morgan fingerprint density at radius 1 is 1.41 bits per heavy atom. The lowest BCUT2D eigenvalue weighted by Crippen LogP contribution is -2.51. The second-order valence-corrected chi connectivity index (χ2v) is 4.69. The molecular weight excluding hydrogens is 298 g/mol. The fraction of sp³-hybridized carbons (Fsp3) is 0.500. The number of aliphatic carboxylic acids is 1. The number of aromatic amines is 2. The van der Waals surface area contributed by atoms with Crippen molar-refractivity contribution in [2.45, 2.75) is 18.6 Å². The Bertz CT molecular complexity index is 637. The smallest absolute Gasteiger partial charge is 0.329 e. The number of nitrogens with one attached hydrogen (secondary N) is 3. The normalized spacial score (nSPS) is 21.3. The summed E-state index contributed by atoms with van der Waals surface area (Å²) in [5, 5.41) is 11.2. The van der Waals surface area contributed by atoms with Crippen LogP contribution in [0.4, 0.5) is 0 Å². The number of H-pyrrole nitrogens is 2. The van der Waals surface area contributed by atoms with E-state index in [0.717, 1.165) is 6.07 Å². The van der Waals surface area contributed by atoms with Crippen molar-refractivity contribution in [2.75, 3.05) is 19.8 Å². The van der Waals surface area contributed by atoms with E-state index < -0.39 is 41.9 Å². The third kappa shape index (κ3) is 4.27. The monoisotopic (exact) mass is 313 g/mol. The quantitative estimate of drug-likeness (QED) is 0.493. The van der Waals surface area contributed by atoms with Crippen molar-refractivity contribution >= 4 is 11.9 Å². The summed E-state index contributed by atoms with van der Waals surface area (Å²) in [5.74, 6) is -1.79. The van der Waals surface area contributed by atoms with E-state index in [9.17, 15) is 19.2 Å². The highest BCUT2D eigenvalue weighted by Crippen LogP contribution is 2.12. The lowest BCUT2D eigenvalue weighted by molar-refractivity contribution is -0.147. The molecule has 0 radical (unpaired) electrons. The Kier molecular flexibility index (Phi) is 5.07. The molecule has 4 N–H and O–H groups in total. The Labute approximate surface area is 123 Å². The van der Waals surface area contributed by atoms with Crippen LogP contribution in [-0.2, 0) is 14.3 Å². The van der Waals surface area contributed by atoms with Gasteiger partial charge in [-0.2, -0.15) is 0 Å². The highest BCUT2D eigenvalue weighted by molar-refractivity contribution is 5.92. The molecule has 1 aliphatic heterocycles. The summed E-state index contributed by atoms with van der Waals surface area (Å²) in [6.07, 6.45) is -0.105. The van der Waals surface area contributed by atoms with Crippen LogP contribution in [0.1, 0.15) is 16.9 Å². The Hall–Kier alpha value is -2.46. The van der Waals surface area contributed by atoms with Crippen molar-refractivity contribution in [1.82, 2.24) is 15.3 Å². The van der Waals surface area contributed by atoms with Crippen LogP contribution < -0.4 is 16.6 Å². The standard InChI is InChI=1S/C12H15N3O7/c16-9-3-6(14-12(20)15-9)11(19)13-7-4-21-2-1-8(7)22-5-10(17)18/h3,7-8H,1-2,4-5H2,(H,13,19)(H,17,18)(H2,14,15,16,20)/t7-,8+/m0/s1. The van der Waals surface area contributed by atoms with Crippen molar-refractivity contribution in [2.24, 2.45) is 0 Å². The minimum absolute atomic E-state index is 0.142. The Balaban J connectivity index is 2.05. The number of carboxylic acids is 1. The molecule has 10 nitrogen and oxygen atoms in total. The summed E-state index contributed by atoms with van der Waals surface area (Å²) in [4.78, 5) is 49.1. The van der Waals surface area contributed by atoms with Gasteiger partial charge in [0, 0.05) is 12.7 Å². The SMILES string of the molecule is O=C(O)CO[C@@H]1CCOC[C@@H]1NC(=O)c1cc(=O)[nH]c(=O)[nH]1. The van der Waals surface area contributed by atoms with Crippen LogP contribution in [0.2, 0.25) is 0 Å². The van der Waals surface area contributed by atoms with Crippen LogP contribution in [0.3, 0.4) is 0 Å². The summed E-state index contributed by atoms with van der Waals surface area (Å²) in [6, 6.07) is 0.372. The zero-order chi connectivity index (χ0) is 16.1. The van der Waals surface area contributed by atoms with Gasteiger partial charge in [-0.05, 0) is 6.42 Å². The molecule has 1 fully saturated rings. The molecule has 0 saturated carbocycles. The van der Waals surface area contributed by atoms with Gasteiger partial charge in [-0.1, -0.05) is 0 Å². The molecule has 2 rings (SSSR count).